The van der Waals surface area contributed by atoms with Crippen molar-refractivity contribution in [3.05, 3.63) is 28.8 Å². The summed E-state index contributed by atoms with van der Waals surface area (Å²) in [6.07, 6.45) is 3.57. The molecule has 0 radical (unpaired) electrons. The Morgan fingerprint density at radius 3 is 2.76 bits per heavy atom. The largest absolute Gasteiger partial charge is 0.487 e. The number of aryl methyl sites for hydroxylation is 1. The zero-order valence-corrected chi connectivity index (χ0v) is 11.4. The molecular weight excluding hydrogens is 254 g/mol. The molecule has 1 aliphatic heterocycles. The van der Waals surface area contributed by atoms with E-state index in [0.29, 0.717) is 6.10 Å². The number of hydrogen-bond acceptors (Lipinski definition) is 3. The van der Waals surface area contributed by atoms with Crippen LogP contribution in [0, 0.1) is 0 Å². The van der Waals surface area contributed by atoms with Gasteiger partial charge in [-0.25, -0.2) is 0 Å². The van der Waals surface area contributed by atoms with Crippen LogP contribution in [0.15, 0.2) is 18.2 Å². The van der Waals surface area contributed by atoms with Crippen LogP contribution in [-0.2, 0) is 6.42 Å². The molecule has 1 saturated heterocycles. The van der Waals surface area contributed by atoms with Gasteiger partial charge in [0.25, 0.3) is 0 Å². The highest BCUT2D eigenvalue weighted by Gasteiger charge is 2.20. The number of nitrogens with two attached hydrogens (primary N) is 1. The predicted molar refractivity (Wildman–Crippen MR) is 75.2 cm³/mol. The number of thioether (sulfide) groups is 1. The van der Waals surface area contributed by atoms with Gasteiger partial charge in [0.1, 0.15) is 11.9 Å². The lowest BCUT2D eigenvalue weighted by molar-refractivity contribution is 0.240. The summed E-state index contributed by atoms with van der Waals surface area (Å²) in [7, 11) is 0. The Morgan fingerprint density at radius 1 is 1.35 bits per heavy atom. The average Bonchev–Trinajstić information content (AvgIpc) is 2.26. The van der Waals surface area contributed by atoms with Crippen molar-refractivity contribution in [3.63, 3.8) is 0 Å². The van der Waals surface area contributed by atoms with Gasteiger partial charge >= 0.3 is 0 Å². The fraction of sp³-hybridized carbons (Fsp3) is 0.538. The molecule has 94 valence electrons. The van der Waals surface area contributed by atoms with Gasteiger partial charge in [0.05, 0.1) is 5.02 Å². The zero-order chi connectivity index (χ0) is 12.1. The number of benzene rings is 1. The Labute approximate surface area is 112 Å². The third-order valence-corrected chi connectivity index (χ3v) is 4.33. The standard InChI is InChI=1S/C13H18ClNOS/c14-12-7-10(3-1-2-6-15)4-5-13(12)16-11-8-17-9-11/h4-5,7,11H,1-3,6,8-9,15H2. The number of unbranched alkanes of at least 4 members (excludes halogenated alkanes) is 1. The first-order chi connectivity index (χ1) is 8.29. The van der Waals surface area contributed by atoms with E-state index >= 15 is 0 Å². The maximum atomic E-state index is 6.21. The molecule has 1 aromatic carbocycles. The normalized spacial score (nSPS) is 15.6. The molecule has 2 N–H and O–H groups in total. The van der Waals surface area contributed by atoms with Crippen molar-refractivity contribution in [1.82, 2.24) is 0 Å². The highest BCUT2D eigenvalue weighted by molar-refractivity contribution is 8.00. The number of rotatable bonds is 6. The summed E-state index contributed by atoms with van der Waals surface area (Å²) in [5, 5.41) is 0.729. The first-order valence-electron chi connectivity index (χ1n) is 6.02. The van der Waals surface area contributed by atoms with Crippen LogP contribution in [0.4, 0.5) is 0 Å². The highest BCUT2D eigenvalue weighted by atomic mass is 35.5. The predicted octanol–water partition coefficient (Wildman–Crippen LogP) is 3.12. The Morgan fingerprint density at radius 2 is 2.18 bits per heavy atom. The summed E-state index contributed by atoms with van der Waals surface area (Å²) in [5.74, 6) is 2.97. The van der Waals surface area contributed by atoms with E-state index in [0.717, 1.165) is 48.1 Å². The first kappa shape index (κ1) is 13.1. The Bertz CT molecular complexity index is 368. The van der Waals surface area contributed by atoms with E-state index in [4.69, 9.17) is 22.1 Å². The molecule has 1 heterocycles. The monoisotopic (exact) mass is 271 g/mol. The summed E-state index contributed by atoms with van der Waals surface area (Å²) < 4.78 is 5.79. The second kappa shape index (κ2) is 6.53. The van der Waals surface area contributed by atoms with Crippen LogP contribution in [0.25, 0.3) is 0 Å². The Balaban J connectivity index is 1.90. The second-order valence-corrected chi connectivity index (χ2v) is 5.77. The fourth-order valence-corrected chi connectivity index (χ4v) is 2.54. The van der Waals surface area contributed by atoms with Crippen molar-refractivity contribution >= 4 is 23.4 Å². The van der Waals surface area contributed by atoms with Gasteiger partial charge in [-0.1, -0.05) is 17.7 Å². The smallest absolute Gasteiger partial charge is 0.138 e. The van der Waals surface area contributed by atoms with E-state index in [1.54, 1.807) is 0 Å². The lowest BCUT2D eigenvalue weighted by Crippen LogP contribution is -2.31. The van der Waals surface area contributed by atoms with Crippen LogP contribution in [0.2, 0.25) is 5.02 Å². The molecule has 0 bridgehead atoms. The second-order valence-electron chi connectivity index (χ2n) is 4.29. The topological polar surface area (TPSA) is 35.2 Å². The highest BCUT2D eigenvalue weighted by Crippen LogP contribution is 2.30. The average molecular weight is 272 g/mol. The van der Waals surface area contributed by atoms with Crippen LogP contribution < -0.4 is 10.5 Å². The molecule has 1 fully saturated rings. The van der Waals surface area contributed by atoms with Crippen LogP contribution >= 0.6 is 23.4 Å². The van der Waals surface area contributed by atoms with Crippen LogP contribution in [0.5, 0.6) is 5.75 Å². The molecule has 2 rings (SSSR count). The summed E-state index contributed by atoms with van der Waals surface area (Å²) in [6, 6.07) is 6.10. The van der Waals surface area contributed by atoms with Gasteiger partial charge in [-0.05, 0) is 43.5 Å². The molecular formula is C13H18ClNOS. The van der Waals surface area contributed by atoms with Crippen molar-refractivity contribution in [3.8, 4) is 5.75 Å². The molecule has 0 saturated carbocycles. The number of hydrogen-bond donors (Lipinski definition) is 1. The summed E-state index contributed by atoms with van der Waals surface area (Å²) in [5.41, 5.74) is 6.74. The van der Waals surface area contributed by atoms with Gasteiger partial charge in [-0.3, -0.25) is 0 Å². The quantitative estimate of drug-likeness (QED) is 0.808. The molecule has 1 aliphatic rings. The van der Waals surface area contributed by atoms with Crippen molar-refractivity contribution in [2.24, 2.45) is 5.73 Å². The van der Waals surface area contributed by atoms with Crippen molar-refractivity contribution in [2.45, 2.75) is 25.4 Å². The minimum absolute atomic E-state index is 0.348. The lowest BCUT2D eigenvalue weighted by atomic mass is 10.1. The SMILES string of the molecule is NCCCCc1ccc(OC2CSC2)c(Cl)c1. The minimum atomic E-state index is 0.348. The summed E-state index contributed by atoms with van der Waals surface area (Å²) in [4.78, 5) is 0. The summed E-state index contributed by atoms with van der Waals surface area (Å²) in [6.45, 7) is 0.758. The first-order valence-corrected chi connectivity index (χ1v) is 7.56. The van der Waals surface area contributed by atoms with E-state index in [1.807, 2.05) is 23.9 Å². The lowest BCUT2D eigenvalue weighted by Gasteiger charge is -2.26. The maximum absolute atomic E-state index is 6.21. The number of halogens is 1. The molecule has 0 aliphatic carbocycles. The van der Waals surface area contributed by atoms with Crippen molar-refractivity contribution in [1.29, 1.82) is 0 Å². The molecule has 1 aromatic rings. The van der Waals surface area contributed by atoms with Gasteiger partial charge in [0.2, 0.25) is 0 Å². The fourth-order valence-electron chi connectivity index (χ4n) is 1.73. The van der Waals surface area contributed by atoms with Gasteiger partial charge in [0, 0.05) is 11.5 Å². The zero-order valence-electron chi connectivity index (χ0n) is 9.82. The summed E-state index contributed by atoms with van der Waals surface area (Å²) >= 11 is 8.12. The van der Waals surface area contributed by atoms with E-state index in [-0.39, 0.29) is 0 Å². The van der Waals surface area contributed by atoms with E-state index in [1.165, 1.54) is 5.56 Å². The molecule has 2 nitrogen and oxygen atoms in total. The molecule has 0 amide bonds. The third kappa shape index (κ3) is 3.80. The van der Waals surface area contributed by atoms with E-state index in [2.05, 4.69) is 6.07 Å². The van der Waals surface area contributed by atoms with Crippen LogP contribution in [0.1, 0.15) is 18.4 Å². The van der Waals surface area contributed by atoms with Gasteiger partial charge in [0.15, 0.2) is 0 Å². The molecule has 0 atom stereocenters. The van der Waals surface area contributed by atoms with E-state index in [9.17, 15) is 0 Å². The van der Waals surface area contributed by atoms with Crippen molar-refractivity contribution < 1.29 is 4.74 Å². The minimum Gasteiger partial charge on any atom is -0.487 e. The van der Waals surface area contributed by atoms with Gasteiger partial charge in [-0.2, -0.15) is 11.8 Å². The molecule has 17 heavy (non-hydrogen) atoms. The van der Waals surface area contributed by atoms with Crippen LogP contribution in [0.3, 0.4) is 0 Å². The Kier molecular flexibility index (Phi) is 5.01. The van der Waals surface area contributed by atoms with Gasteiger partial charge < -0.3 is 10.5 Å². The van der Waals surface area contributed by atoms with Gasteiger partial charge in [-0.15, -0.1) is 0 Å². The molecule has 0 spiro atoms. The molecule has 4 heteroatoms. The number of ether oxygens (including phenoxy) is 1. The molecule has 0 aromatic heterocycles. The molecule has 0 unspecified atom stereocenters. The maximum Gasteiger partial charge on any atom is 0.138 e. The third-order valence-electron chi connectivity index (χ3n) is 2.82. The van der Waals surface area contributed by atoms with Crippen LogP contribution in [-0.4, -0.2) is 24.2 Å². The van der Waals surface area contributed by atoms with Crippen molar-refractivity contribution in [2.75, 3.05) is 18.1 Å². The van der Waals surface area contributed by atoms with E-state index < -0.39 is 0 Å². The Hall–Kier alpha value is -0.380.